The minimum Gasteiger partial charge on any atom is -0.365 e. The third kappa shape index (κ3) is 6.25. The average Bonchev–Trinajstić information content (AvgIpc) is 1.59. The van der Waals surface area contributed by atoms with E-state index in [0.717, 1.165) is 6.61 Å². The summed E-state index contributed by atoms with van der Waals surface area (Å²) in [5.74, 6) is 0. The van der Waals surface area contributed by atoms with E-state index in [9.17, 15) is 0 Å². The highest BCUT2D eigenvalue weighted by molar-refractivity contribution is 6.17. The molecule has 0 aromatic rings. The summed E-state index contributed by atoms with van der Waals surface area (Å²) in [5, 5.41) is 0. The molecular weight excluding hydrogens is 124 g/mol. The molecule has 2 heteroatoms. The second-order valence-electron chi connectivity index (χ2n) is 3.02. The fraction of sp³-hybridized carbons (Fsp3) is 1.00. The average molecular weight is 137 g/mol. The Morgan fingerprint density at radius 1 is 1.38 bits per heavy atom. The summed E-state index contributed by atoms with van der Waals surface area (Å²) >= 11 is 5.29. The van der Waals surface area contributed by atoms with Crippen LogP contribution in [-0.4, -0.2) is 12.7 Å². The van der Waals surface area contributed by atoms with Gasteiger partial charge in [-0.15, -0.1) is 0 Å². The number of alkyl halides is 1. The zero-order chi connectivity index (χ0) is 6.62. The smallest absolute Gasteiger partial charge is 0.120 e. The Kier molecular flexibility index (Phi) is 3.41. The van der Waals surface area contributed by atoms with Crippen LogP contribution in [0.3, 0.4) is 0 Å². The van der Waals surface area contributed by atoms with E-state index < -0.39 is 0 Å². The topological polar surface area (TPSA) is 9.23 Å². The lowest BCUT2D eigenvalue weighted by Crippen LogP contribution is -2.13. The molecule has 0 heterocycles. The molecule has 0 aliphatic rings. The fourth-order valence-electron chi connectivity index (χ4n) is 0.345. The summed E-state index contributed by atoms with van der Waals surface area (Å²) < 4.78 is 4.96. The van der Waals surface area contributed by atoms with Gasteiger partial charge in [0.25, 0.3) is 0 Å². The molecule has 0 amide bonds. The molecule has 8 heavy (non-hydrogen) atoms. The first kappa shape index (κ1) is 8.25. The SMILES string of the molecule is CC(C)(C)COCCl. The van der Waals surface area contributed by atoms with E-state index in [1.54, 1.807) is 0 Å². The molecule has 0 rings (SSSR count). The van der Waals surface area contributed by atoms with Crippen molar-refractivity contribution in [2.45, 2.75) is 20.8 Å². The van der Waals surface area contributed by atoms with E-state index in [4.69, 9.17) is 16.3 Å². The number of ether oxygens (including phenoxy) is 1. The number of hydrogen-bond acceptors (Lipinski definition) is 1. The van der Waals surface area contributed by atoms with Crippen LogP contribution >= 0.6 is 11.6 Å². The molecule has 0 saturated carbocycles. The van der Waals surface area contributed by atoms with Gasteiger partial charge >= 0.3 is 0 Å². The molecule has 0 bridgehead atoms. The molecule has 0 atom stereocenters. The summed E-state index contributed by atoms with van der Waals surface area (Å²) in [7, 11) is 0. The van der Waals surface area contributed by atoms with E-state index in [2.05, 4.69) is 20.8 Å². The lowest BCUT2D eigenvalue weighted by molar-refractivity contribution is 0.103. The monoisotopic (exact) mass is 136 g/mol. The first-order chi connectivity index (χ1) is 3.56. The summed E-state index contributed by atoms with van der Waals surface area (Å²) in [6.45, 7) is 7.06. The van der Waals surface area contributed by atoms with Crippen molar-refractivity contribution in [3.63, 3.8) is 0 Å². The van der Waals surface area contributed by atoms with Crippen molar-refractivity contribution in [2.24, 2.45) is 5.41 Å². The van der Waals surface area contributed by atoms with Crippen molar-refractivity contribution >= 4 is 11.6 Å². The van der Waals surface area contributed by atoms with E-state index in [1.807, 2.05) is 0 Å². The Morgan fingerprint density at radius 3 is 2.00 bits per heavy atom. The Bertz CT molecular complexity index is 56.0. The third-order valence-corrected chi connectivity index (χ3v) is 0.767. The Labute approximate surface area is 56.0 Å². The maximum atomic E-state index is 5.29. The third-order valence-electron chi connectivity index (χ3n) is 0.612. The van der Waals surface area contributed by atoms with Gasteiger partial charge in [0.05, 0.1) is 6.61 Å². The highest BCUT2D eigenvalue weighted by atomic mass is 35.5. The van der Waals surface area contributed by atoms with Gasteiger partial charge in [-0.2, -0.15) is 0 Å². The molecule has 0 fully saturated rings. The number of rotatable bonds is 2. The van der Waals surface area contributed by atoms with Gasteiger partial charge in [0.1, 0.15) is 6.07 Å². The molecule has 0 unspecified atom stereocenters. The van der Waals surface area contributed by atoms with Gasteiger partial charge in [0.15, 0.2) is 0 Å². The van der Waals surface area contributed by atoms with E-state index in [0.29, 0.717) is 6.07 Å². The fourth-order valence-corrected chi connectivity index (χ4v) is 0.422. The Balaban J connectivity index is 3.11. The van der Waals surface area contributed by atoms with Crippen LogP contribution in [0, 0.1) is 5.41 Å². The predicted molar refractivity (Wildman–Crippen MR) is 36.1 cm³/mol. The largest absolute Gasteiger partial charge is 0.365 e. The second-order valence-corrected chi connectivity index (χ2v) is 3.24. The van der Waals surface area contributed by atoms with Crippen LogP contribution in [0.2, 0.25) is 0 Å². The zero-order valence-electron chi connectivity index (χ0n) is 5.70. The first-order valence-corrected chi connectivity index (χ1v) is 3.23. The lowest BCUT2D eigenvalue weighted by atomic mass is 9.99. The van der Waals surface area contributed by atoms with E-state index in [1.165, 1.54) is 0 Å². The molecule has 0 aliphatic heterocycles. The van der Waals surface area contributed by atoms with Crippen molar-refractivity contribution in [3.8, 4) is 0 Å². The number of halogens is 1. The molecular formula is C6H13ClO. The highest BCUT2D eigenvalue weighted by Crippen LogP contribution is 2.12. The van der Waals surface area contributed by atoms with Gasteiger partial charge in [0.2, 0.25) is 0 Å². The predicted octanol–water partition coefficient (Wildman–Crippen LogP) is 2.25. The van der Waals surface area contributed by atoms with Crippen LogP contribution in [-0.2, 0) is 4.74 Å². The second kappa shape index (κ2) is 3.31. The normalized spacial score (nSPS) is 12.0. The van der Waals surface area contributed by atoms with Gasteiger partial charge < -0.3 is 4.74 Å². The summed E-state index contributed by atoms with van der Waals surface area (Å²) in [5.41, 5.74) is 0.245. The van der Waals surface area contributed by atoms with Crippen molar-refractivity contribution in [1.29, 1.82) is 0 Å². The van der Waals surface area contributed by atoms with Gasteiger partial charge in [-0.25, -0.2) is 0 Å². The standard InChI is InChI=1S/C6H13ClO/c1-6(2,3)4-8-5-7/h4-5H2,1-3H3. The molecule has 0 aromatic carbocycles. The molecule has 1 nitrogen and oxygen atoms in total. The Hall–Kier alpha value is 0.250. The Morgan fingerprint density at radius 2 is 1.88 bits per heavy atom. The summed E-state index contributed by atoms with van der Waals surface area (Å²) in [4.78, 5) is 0. The van der Waals surface area contributed by atoms with Gasteiger partial charge in [-0.1, -0.05) is 32.4 Å². The van der Waals surface area contributed by atoms with Crippen LogP contribution in [0.25, 0.3) is 0 Å². The maximum Gasteiger partial charge on any atom is 0.120 e. The van der Waals surface area contributed by atoms with E-state index >= 15 is 0 Å². The lowest BCUT2D eigenvalue weighted by Gasteiger charge is -2.16. The quantitative estimate of drug-likeness (QED) is 0.529. The molecule has 0 radical (unpaired) electrons. The molecule has 0 saturated heterocycles. The molecule has 0 aliphatic carbocycles. The van der Waals surface area contributed by atoms with Crippen LogP contribution in [0.4, 0.5) is 0 Å². The van der Waals surface area contributed by atoms with Crippen LogP contribution in [0.15, 0.2) is 0 Å². The molecule has 50 valence electrons. The van der Waals surface area contributed by atoms with Gasteiger partial charge in [-0.05, 0) is 5.41 Å². The van der Waals surface area contributed by atoms with Crippen molar-refractivity contribution in [1.82, 2.24) is 0 Å². The van der Waals surface area contributed by atoms with E-state index in [-0.39, 0.29) is 5.41 Å². The summed E-state index contributed by atoms with van der Waals surface area (Å²) in [6, 6.07) is 0.303. The van der Waals surface area contributed by atoms with Gasteiger partial charge in [0, 0.05) is 0 Å². The highest BCUT2D eigenvalue weighted by Gasteiger charge is 2.08. The molecule has 0 N–H and O–H groups in total. The van der Waals surface area contributed by atoms with Crippen LogP contribution in [0.5, 0.6) is 0 Å². The van der Waals surface area contributed by atoms with Crippen molar-refractivity contribution < 1.29 is 4.74 Å². The molecule has 0 spiro atoms. The van der Waals surface area contributed by atoms with Crippen molar-refractivity contribution in [3.05, 3.63) is 0 Å². The van der Waals surface area contributed by atoms with Crippen LogP contribution in [0.1, 0.15) is 20.8 Å². The summed E-state index contributed by atoms with van der Waals surface area (Å²) in [6.07, 6.45) is 0. The van der Waals surface area contributed by atoms with Gasteiger partial charge in [-0.3, -0.25) is 0 Å². The van der Waals surface area contributed by atoms with Crippen LogP contribution < -0.4 is 0 Å². The van der Waals surface area contributed by atoms with Crippen molar-refractivity contribution in [2.75, 3.05) is 12.7 Å². The zero-order valence-corrected chi connectivity index (χ0v) is 6.46. The number of hydrogen-bond donors (Lipinski definition) is 0. The first-order valence-electron chi connectivity index (χ1n) is 2.70. The molecule has 0 aromatic heterocycles. The maximum absolute atomic E-state index is 5.29. The minimum absolute atomic E-state index is 0.245. The minimum atomic E-state index is 0.245.